The fourth-order valence-corrected chi connectivity index (χ4v) is 1.48. The molecule has 1 unspecified atom stereocenters. The number of rotatable bonds is 7. The van der Waals surface area contributed by atoms with Gasteiger partial charge in [0.15, 0.2) is 0 Å². The van der Waals surface area contributed by atoms with Gasteiger partial charge in [0, 0.05) is 6.04 Å². The van der Waals surface area contributed by atoms with E-state index in [4.69, 9.17) is 6.92 Å². The van der Waals surface area contributed by atoms with Crippen molar-refractivity contribution in [3.8, 4) is 0 Å². The first kappa shape index (κ1) is 13.4. The van der Waals surface area contributed by atoms with E-state index in [0.717, 1.165) is 32.5 Å². The summed E-state index contributed by atoms with van der Waals surface area (Å²) in [4.78, 5) is 12.9. The van der Waals surface area contributed by atoms with E-state index in [1.807, 2.05) is 6.92 Å². The summed E-state index contributed by atoms with van der Waals surface area (Å²) in [6, 6.07) is 0.183. The Bertz CT molecular complexity index is 155. The zero-order chi connectivity index (χ0) is 11.0. The number of hydrogen-bond acceptors (Lipinski definition) is 2. The van der Waals surface area contributed by atoms with Crippen LogP contribution in [0.2, 0.25) is 0 Å². The molecule has 2 radical (unpaired) electrons. The third-order valence-corrected chi connectivity index (χ3v) is 2.39. The van der Waals surface area contributed by atoms with E-state index in [-0.39, 0.29) is 6.04 Å². The molecule has 82 valence electrons. The molecule has 0 bridgehead atoms. The molecule has 0 fully saturated rings. The Balaban J connectivity index is 3.47. The van der Waals surface area contributed by atoms with E-state index < -0.39 is 5.91 Å². The molecule has 3 heteroatoms. The molecule has 0 rings (SSSR count). The summed E-state index contributed by atoms with van der Waals surface area (Å²) in [6.07, 6.45) is 2.09. The Morgan fingerprint density at radius 1 is 1.43 bits per heavy atom. The van der Waals surface area contributed by atoms with Gasteiger partial charge < -0.3 is 10.2 Å². The molecular formula is C11H22N2O. The van der Waals surface area contributed by atoms with Crippen molar-refractivity contribution in [3.05, 3.63) is 6.92 Å². The van der Waals surface area contributed by atoms with Gasteiger partial charge in [0.2, 0.25) is 5.91 Å². The maximum Gasteiger partial charge on any atom is 0.224 e. The van der Waals surface area contributed by atoms with Gasteiger partial charge in [-0.1, -0.05) is 13.8 Å². The molecule has 0 spiro atoms. The van der Waals surface area contributed by atoms with E-state index in [1.165, 1.54) is 0 Å². The van der Waals surface area contributed by atoms with Crippen LogP contribution in [0.3, 0.4) is 0 Å². The van der Waals surface area contributed by atoms with Crippen LogP contribution in [-0.2, 0) is 4.79 Å². The number of carbonyl (C=O) groups excluding carboxylic acids is 1. The minimum atomic E-state index is -0.430. The van der Waals surface area contributed by atoms with E-state index in [1.54, 1.807) is 0 Å². The van der Waals surface area contributed by atoms with Gasteiger partial charge in [-0.15, -0.1) is 0 Å². The van der Waals surface area contributed by atoms with E-state index in [0.29, 0.717) is 0 Å². The maximum absolute atomic E-state index is 10.5. The van der Waals surface area contributed by atoms with Gasteiger partial charge in [0.25, 0.3) is 0 Å². The fraction of sp³-hybridized carbons (Fsp3) is 0.818. The molecule has 1 amide bonds. The average Bonchev–Trinajstić information content (AvgIpc) is 2.11. The first-order chi connectivity index (χ1) is 6.60. The Morgan fingerprint density at radius 2 is 2.00 bits per heavy atom. The second kappa shape index (κ2) is 7.80. The summed E-state index contributed by atoms with van der Waals surface area (Å²) < 4.78 is 0. The molecule has 0 aliphatic heterocycles. The molecule has 0 aromatic heterocycles. The maximum atomic E-state index is 10.5. The minimum Gasteiger partial charge on any atom is -0.353 e. The van der Waals surface area contributed by atoms with Crippen molar-refractivity contribution < 1.29 is 4.79 Å². The lowest BCUT2D eigenvalue weighted by Gasteiger charge is -2.19. The van der Waals surface area contributed by atoms with E-state index >= 15 is 0 Å². The average molecular weight is 198 g/mol. The molecule has 1 N–H and O–H groups in total. The Morgan fingerprint density at radius 3 is 2.43 bits per heavy atom. The van der Waals surface area contributed by atoms with Crippen molar-refractivity contribution in [2.75, 3.05) is 19.6 Å². The summed E-state index contributed by atoms with van der Waals surface area (Å²) in [5.74, 6) is -0.430. The smallest absolute Gasteiger partial charge is 0.224 e. The molecule has 0 aliphatic rings. The predicted molar refractivity (Wildman–Crippen MR) is 58.9 cm³/mol. The van der Waals surface area contributed by atoms with Crippen molar-refractivity contribution in [2.24, 2.45) is 0 Å². The monoisotopic (exact) mass is 198 g/mol. The van der Waals surface area contributed by atoms with Crippen LogP contribution in [0, 0.1) is 6.92 Å². The lowest BCUT2D eigenvalue weighted by molar-refractivity contribution is -0.117. The molecule has 0 heterocycles. The SMILES string of the molecule is [CH]C(=O)NC(C)CCCN(CC)CC. The molecule has 0 aliphatic carbocycles. The lowest BCUT2D eigenvalue weighted by atomic mass is 10.2. The highest BCUT2D eigenvalue weighted by atomic mass is 16.1. The molecule has 0 saturated heterocycles. The Hall–Kier alpha value is -0.570. The van der Waals surface area contributed by atoms with Crippen LogP contribution in [-0.4, -0.2) is 36.5 Å². The van der Waals surface area contributed by atoms with Crippen LogP contribution in [0.1, 0.15) is 33.6 Å². The molecule has 3 nitrogen and oxygen atoms in total. The predicted octanol–water partition coefficient (Wildman–Crippen LogP) is 1.32. The second-order valence-electron chi connectivity index (χ2n) is 3.58. The van der Waals surface area contributed by atoms with E-state index in [9.17, 15) is 4.79 Å². The zero-order valence-corrected chi connectivity index (χ0v) is 9.55. The molecule has 0 aromatic carbocycles. The minimum absolute atomic E-state index is 0.183. The third kappa shape index (κ3) is 6.89. The topological polar surface area (TPSA) is 32.3 Å². The zero-order valence-electron chi connectivity index (χ0n) is 9.55. The summed E-state index contributed by atoms with van der Waals surface area (Å²) in [5.41, 5.74) is 0. The molecular weight excluding hydrogens is 176 g/mol. The largest absolute Gasteiger partial charge is 0.353 e. The number of nitrogens with one attached hydrogen (secondary N) is 1. The summed E-state index contributed by atoms with van der Waals surface area (Å²) in [6.45, 7) is 14.6. The van der Waals surface area contributed by atoms with Gasteiger partial charge in [-0.25, -0.2) is 0 Å². The van der Waals surface area contributed by atoms with Crippen molar-refractivity contribution in [3.63, 3.8) is 0 Å². The van der Waals surface area contributed by atoms with Crippen molar-refractivity contribution in [1.82, 2.24) is 10.2 Å². The van der Waals surface area contributed by atoms with Crippen LogP contribution in [0.15, 0.2) is 0 Å². The number of amides is 1. The number of carbonyl (C=O) groups is 1. The lowest BCUT2D eigenvalue weighted by Crippen LogP contribution is -2.32. The Kier molecular flexibility index (Phi) is 7.48. The highest BCUT2D eigenvalue weighted by Crippen LogP contribution is 1.99. The standard InChI is InChI=1S/C11H22N2O/c1-5-13(6-2)9-7-8-10(3)12-11(4)14/h4,10H,5-9H2,1-3H3,(H,12,14). The normalized spacial score (nSPS) is 12.9. The number of hydrogen-bond donors (Lipinski definition) is 1. The summed E-state index contributed by atoms with van der Waals surface area (Å²) in [7, 11) is 0. The Labute approximate surface area is 87.9 Å². The quantitative estimate of drug-likeness (QED) is 0.669. The molecule has 14 heavy (non-hydrogen) atoms. The first-order valence-corrected chi connectivity index (χ1v) is 5.38. The van der Waals surface area contributed by atoms with Gasteiger partial charge in [0.1, 0.15) is 0 Å². The van der Waals surface area contributed by atoms with Crippen LogP contribution in [0.5, 0.6) is 0 Å². The van der Waals surface area contributed by atoms with Gasteiger partial charge in [0.05, 0.1) is 6.92 Å². The van der Waals surface area contributed by atoms with Gasteiger partial charge >= 0.3 is 0 Å². The highest BCUT2D eigenvalue weighted by molar-refractivity contribution is 5.80. The third-order valence-electron chi connectivity index (χ3n) is 2.39. The van der Waals surface area contributed by atoms with Crippen LogP contribution < -0.4 is 5.32 Å². The van der Waals surface area contributed by atoms with Crippen molar-refractivity contribution >= 4 is 5.91 Å². The van der Waals surface area contributed by atoms with Gasteiger partial charge in [-0.05, 0) is 39.4 Å². The summed E-state index contributed by atoms with van der Waals surface area (Å²) in [5, 5.41) is 2.67. The van der Waals surface area contributed by atoms with Crippen LogP contribution in [0.4, 0.5) is 0 Å². The fourth-order valence-electron chi connectivity index (χ4n) is 1.48. The van der Waals surface area contributed by atoms with E-state index in [2.05, 4.69) is 24.1 Å². The van der Waals surface area contributed by atoms with Crippen LogP contribution >= 0.6 is 0 Å². The molecule has 0 saturated carbocycles. The molecule has 0 aromatic rings. The molecule has 1 atom stereocenters. The van der Waals surface area contributed by atoms with Crippen molar-refractivity contribution in [1.29, 1.82) is 0 Å². The van der Waals surface area contributed by atoms with Gasteiger partial charge in [-0.2, -0.15) is 0 Å². The first-order valence-electron chi connectivity index (χ1n) is 5.38. The van der Waals surface area contributed by atoms with Crippen LogP contribution in [0.25, 0.3) is 0 Å². The summed E-state index contributed by atoms with van der Waals surface area (Å²) >= 11 is 0. The highest BCUT2D eigenvalue weighted by Gasteiger charge is 2.04. The van der Waals surface area contributed by atoms with Crippen molar-refractivity contribution in [2.45, 2.75) is 39.7 Å². The second-order valence-corrected chi connectivity index (χ2v) is 3.58. The van der Waals surface area contributed by atoms with Gasteiger partial charge in [-0.3, -0.25) is 4.79 Å². The number of nitrogens with zero attached hydrogens (tertiary/aromatic N) is 1.